The lowest BCUT2D eigenvalue weighted by Crippen LogP contribution is -2.45. The lowest BCUT2D eigenvalue weighted by atomic mass is 9.82. The number of carboxylic acids is 1. The first kappa shape index (κ1) is 16.7. The molecule has 0 atom stereocenters. The van der Waals surface area contributed by atoms with Gasteiger partial charge in [0.05, 0.1) is 5.41 Å². The fourth-order valence-corrected chi connectivity index (χ4v) is 1.95. The Morgan fingerprint density at radius 3 is 2.38 bits per heavy atom. The Morgan fingerprint density at radius 1 is 1.33 bits per heavy atom. The number of aromatic amines is 1. The van der Waals surface area contributed by atoms with Crippen molar-refractivity contribution in [3.8, 4) is 0 Å². The molecule has 0 aliphatic heterocycles. The number of nitrogens with one attached hydrogen (secondary N) is 2. The number of aromatic nitrogens is 2. The van der Waals surface area contributed by atoms with Gasteiger partial charge >= 0.3 is 11.7 Å². The molecule has 0 fully saturated rings. The van der Waals surface area contributed by atoms with Crippen molar-refractivity contribution < 1.29 is 14.7 Å². The van der Waals surface area contributed by atoms with Crippen molar-refractivity contribution in [1.29, 1.82) is 0 Å². The molecule has 0 aliphatic carbocycles. The zero-order chi connectivity index (χ0) is 16.2. The summed E-state index contributed by atoms with van der Waals surface area (Å²) < 4.78 is 0.777. The third-order valence-corrected chi connectivity index (χ3v) is 3.82. The Balaban J connectivity index is 2.98. The van der Waals surface area contributed by atoms with Crippen molar-refractivity contribution >= 4 is 11.9 Å². The van der Waals surface area contributed by atoms with Crippen LogP contribution < -0.4 is 16.6 Å². The van der Waals surface area contributed by atoms with E-state index in [1.807, 2.05) is 0 Å². The van der Waals surface area contributed by atoms with E-state index >= 15 is 0 Å². The minimum Gasteiger partial charge on any atom is -0.481 e. The molecule has 1 aromatic rings. The van der Waals surface area contributed by atoms with Crippen LogP contribution in [-0.4, -0.2) is 33.1 Å². The summed E-state index contributed by atoms with van der Waals surface area (Å²) in [4.78, 5) is 48.6. The molecule has 3 N–H and O–H groups in total. The van der Waals surface area contributed by atoms with Gasteiger partial charge in [-0.1, -0.05) is 13.8 Å². The van der Waals surface area contributed by atoms with Crippen LogP contribution >= 0.6 is 0 Å². The summed E-state index contributed by atoms with van der Waals surface area (Å²) in [6.45, 7) is 3.36. The molecule has 0 spiro atoms. The van der Waals surface area contributed by atoms with Gasteiger partial charge in [0.15, 0.2) is 0 Å². The summed E-state index contributed by atoms with van der Waals surface area (Å²) in [6.07, 6.45) is 1.73. The largest absolute Gasteiger partial charge is 0.481 e. The van der Waals surface area contributed by atoms with Crippen LogP contribution in [0.2, 0.25) is 0 Å². The number of nitrogens with zero attached hydrogens (tertiary/aromatic N) is 1. The minimum absolute atomic E-state index is 0.0869. The molecule has 8 heteroatoms. The molecule has 0 radical (unpaired) electrons. The number of H-pyrrole nitrogens is 1. The maximum absolute atomic E-state index is 12.0. The minimum atomic E-state index is -1.07. The molecule has 116 valence electrons. The van der Waals surface area contributed by atoms with Crippen LogP contribution in [-0.2, 0) is 11.8 Å². The fraction of sp³-hybridized carbons (Fsp3) is 0.538. The van der Waals surface area contributed by atoms with Crippen LogP contribution in [0.1, 0.15) is 37.0 Å². The van der Waals surface area contributed by atoms with E-state index < -0.39 is 28.5 Å². The molecule has 8 nitrogen and oxygen atoms in total. The Labute approximate surface area is 120 Å². The highest BCUT2D eigenvalue weighted by atomic mass is 16.4. The maximum atomic E-state index is 12.0. The highest BCUT2D eigenvalue weighted by Gasteiger charge is 2.35. The van der Waals surface area contributed by atoms with E-state index in [4.69, 9.17) is 0 Å². The first-order valence-electron chi connectivity index (χ1n) is 6.59. The predicted octanol–water partition coefficient (Wildman–Crippen LogP) is -0.306. The predicted molar refractivity (Wildman–Crippen MR) is 75.3 cm³/mol. The van der Waals surface area contributed by atoms with Gasteiger partial charge in [-0.25, -0.2) is 4.79 Å². The molecule has 0 unspecified atom stereocenters. The van der Waals surface area contributed by atoms with Crippen molar-refractivity contribution in [3.05, 3.63) is 32.6 Å². The van der Waals surface area contributed by atoms with Gasteiger partial charge in [0.1, 0.15) is 5.56 Å². The lowest BCUT2D eigenvalue weighted by Gasteiger charge is -2.26. The molecule has 1 aromatic heterocycles. The number of amides is 1. The molecule has 1 rings (SSSR count). The van der Waals surface area contributed by atoms with Gasteiger partial charge in [-0.15, -0.1) is 0 Å². The Kier molecular flexibility index (Phi) is 5.07. The second-order valence-electron chi connectivity index (χ2n) is 4.85. The smallest absolute Gasteiger partial charge is 0.328 e. The van der Waals surface area contributed by atoms with Crippen molar-refractivity contribution in [2.45, 2.75) is 26.7 Å². The monoisotopic (exact) mass is 297 g/mol. The van der Waals surface area contributed by atoms with Gasteiger partial charge in [0, 0.05) is 19.8 Å². The number of aliphatic carboxylic acids is 1. The first-order valence-corrected chi connectivity index (χ1v) is 6.59. The number of carbonyl (C=O) groups is 2. The van der Waals surface area contributed by atoms with Gasteiger partial charge < -0.3 is 15.4 Å². The molecule has 0 aromatic carbocycles. The summed E-state index contributed by atoms with van der Waals surface area (Å²) in [5.74, 6) is -1.71. The second kappa shape index (κ2) is 6.38. The Morgan fingerprint density at radius 2 is 1.90 bits per heavy atom. The van der Waals surface area contributed by atoms with Gasteiger partial charge in [-0.2, -0.15) is 0 Å². The summed E-state index contributed by atoms with van der Waals surface area (Å²) in [7, 11) is 1.25. The number of hydrogen-bond acceptors (Lipinski definition) is 4. The van der Waals surface area contributed by atoms with Crippen LogP contribution in [0.3, 0.4) is 0 Å². The summed E-state index contributed by atoms with van der Waals surface area (Å²) in [6, 6.07) is 0. The molecule has 0 bridgehead atoms. The van der Waals surface area contributed by atoms with E-state index in [1.54, 1.807) is 13.8 Å². The summed E-state index contributed by atoms with van der Waals surface area (Å²) in [5, 5.41) is 11.7. The van der Waals surface area contributed by atoms with Crippen molar-refractivity contribution in [3.63, 3.8) is 0 Å². The number of rotatable bonds is 6. The van der Waals surface area contributed by atoms with E-state index in [2.05, 4.69) is 10.3 Å². The third kappa shape index (κ3) is 3.21. The van der Waals surface area contributed by atoms with Crippen LogP contribution in [0.15, 0.2) is 15.8 Å². The molecule has 1 heterocycles. The summed E-state index contributed by atoms with van der Waals surface area (Å²) >= 11 is 0. The van der Waals surface area contributed by atoms with Gasteiger partial charge in [0.25, 0.3) is 11.5 Å². The lowest BCUT2D eigenvalue weighted by molar-refractivity contribution is -0.149. The average Bonchev–Trinajstić information content (AvgIpc) is 2.46. The standard InChI is InChI=1S/C13H19N3O5/c1-4-13(5-2,11(19)20)7-15-9(17)8-6-14-12(21)16(3)10(8)18/h6H,4-5,7H2,1-3H3,(H,14,21)(H,15,17)(H,19,20). The van der Waals surface area contributed by atoms with Crippen LogP contribution in [0.4, 0.5) is 0 Å². The van der Waals surface area contributed by atoms with E-state index in [0.717, 1.165) is 10.8 Å². The number of hydrogen-bond donors (Lipinski definition) is 3. The molecule has 21 heavy (non-hydrogen) atoms. The van der Waals surface area contributed by atoms with E-state index in [0.29, 0.717) is 12.8 Å². The topological polar surface area (TPSA) is 121 Å². The zero-order valence-corrected chi connectivity index (χ0v) is 12.2. The Bertz CT molecular complexity index is 655. The molecule has 0 aliphatic rings. The zero-order valence-electron chi connectivity index (χ0n) is 12.2. The molecular weight excluding hydrogens is 278 g/mol. The van der Waals surface area contributed by atoms with E-state index in [9.17, 15) is 24.3 Å². The third-order valence-electron chi connectivity index (χ3n) is 3.82. The normalized spacial score (nSPS) is 11.2. The van der Waals surface area contributed by atoms with Crippen molar-refractivity contribution in [2.75, 3.05) is 6.54 Å². The Hall–Kier alpha value is -2.38. The van der Waals surface area contributed by atoms with Crippen LogP contribution in [0.25, 0.3) is 0 Å². The molecular formula is C13H19N3O5. The highest BCUT2D eigenvalue weighted by molar-refractivity contribution is 5.93. The molecule has 0 saturated carbocycles. The quantitative estimate of drug-likeness (QED) is 0.665. The van der Waals surface area contributed by atoms with Gasteiger partial charge in [-0.3, -0.25) is 19.0 Å². The van der Waals surface area contributed by atoms with Crippen molar-refractivity contribution in [1.82, 2.24) is 14.9 Å². The molecule has 0 saturated heterocycles. The highest BCUT2D eigenvalue weighted by Crippen LogP contribution is 2.25. The molecule has 1 amide bonds. The number of carbonyl (C=O) groups excluding carboxylic acids is 1. The average molecular weight is 297 g/mol. The fourth-order valence-electron chi connectivity index (χ4n) is 1.95. The summed E-state index contributed by atoms with van der Waals surface area (Å²) in [5.41, 5.74) is -2.66. The van der Waals surface area contributed by atoms with Gasteiger partial charge in [0.2, 0.25) is 0 Å². The van der Waals surface area contributed by atoms with Gasteiger partial charge in [-0.05, 0) is 12.8 Å². The van der Waals surface area contributed by atoms with Crippen LogP contribution in [0.5, 0.6) is 0 Å². The van der Waals surface area contributed by atoms with E-state index in [-0.39, 0.29) is 12.1 Å². The second-order valence-corrected chi connectivity index (χ2v) is 4.85. The first-order chi connectivity index (χ1) is 9.79. The van der Waals surface area contributed by atoms with Crippen molar-refractivity contribution in [2.24, 2.45) is 12.5 Å². The maximum Gasteiger partial charge on any atom is 0.328 e. The number of carboxylic acid groups (broad SMARTS) is 1. The SMILES string of the molecule is CCC(CC)(CNC(=O)c1c[nH]c(=O)n(C)c1=O)C(=O)O. The van der Waals surface area contributed by atoms with E-state index in [1.165, 1.54) is 7.05 Å². The van der Waals surface area contributed by atoms with Crippen LogP contribution in [0, 0.1) is 5.41 Å².